The first-order valence-electron chi connectivity index (χ1n) is 13.3. The number of piperazine rings is 1. The van der Waals surface area contributed by atoms with E-state index in [1.807, 2.05) is 36.1 Å². The number of carboxylic acids is 4. The van der Waals surface area contributed by atoms with Gasteiger partial charge in [0.2, 0.25) is 5.91 Å². The molecule has 0 spiro atoms. The summed E-state index contributed by atoms with van der Waals surface area (Å²) in [4.78, 5) is 56.1. The summed E-state index contributed by atoms with van der Waals surface area (Å²) in [7, 11) is 1.66. The van der Waals surface area contributed by atoms with Gasteiger partial charge in [0.25, 0.3) is 0 Å². The molecule has 2 aromatic carbocycles. The van der Waals surface area contributed by atoms with Crippen molar-refractivity contribution >= 4 is 35.5 Å². The predicted octanol–water partition coefficient (Wildman–Crippen LogP) is 2.00. The number of benzene rings is 2. The molecule has 0 aliphatic carbocycles. The average Bonchev–Trinajstić information content (AvgIpc) is 2.98. The van der Waals surface area contributed by atoms with Gasteiger partial charge >= 0.3 is 23.9 Å². The molecule has 1 unspecified atom stereocenters. The molecule has 1 amide bonds. The first-order valence-corrected chi connectivity index (χ1v) is 13.3. The standard InChI is InChI=1S/C25H35N3O2.2C2H2O4/c1-4-25(29)28(23-11-8-12-24(19-23)30-3)21(2)20-27-17-15-26(16-18-27)14-13-22-9-6-5-7-10-22;2*3-1(4)2(5)6/h5-12,19,21H,4,13-18,20H2,1-3H3;2*(H,3,4)(H,5,6). The summed E-state index contributed by atoms with van der Waals surface area (Å²) in [6, 6.07) is 18.6. The molecule has 13 nitrogen and oxygen atoms in total. The fourth-order valence-electron chi connectivity index (χ4n) is 4.16. The Kier molecular flexibility index (Phi) is 15.9. The first kappa shape index (κ1) is 35.5. The molecule has 230 valence electrons. The van der Waals surface area contributed by atoms with Gasteiger partial charge in [-0.25, -0.2) is 19.2 Å². The Morgan fingerprint density at radius 1 is 0.810 bits per heavy atom. The number of hydrogen-bond acceptors (Lipinski definition) is 8. The number of anilines is 1. The van der Waals surface area contributed by atoms with E-state index in [9.17, 15) is 4.79 Å². The third-order valence-electron chi connectivity index (χ3n) is 6.26. The van der Waals surface area contributed by atoms with E-state index in [-0.39, 0.29) is 11.9 Å². The lowest BCUT2D eigenvalue weighted by atomic mass is 10.1. The van der Waals surface area contributed by atoms with Crippen molar-refractivity contribution in [3.63, 3.8) is 0 Å². The Balaban J connectivity index is 0.000000618. The molecule has 42 heavy (non-hydrogen) atoms. The molecular formula is C29H39N3O10. The van der Waals surface area contributed by atoms with Gasteiger partial charge in [-0.15, -0.1) is 0 Å². The van der Waals surface area contributed by atoms with Crippen molar-refractivity contribution in [1.29, 1.82) is 0 Å². The maximum atomic E-state index is 12.7. The van der Waals surface area contributed by atoms with Gasteiger partial charge in [-0.05, 0) is 31.0 Å². The third-order valence-corrected chi connectivity index (χ3v) is 6.26. The number of carbonyl (C=O) groups excluding carboxylic acids is 1. The van der Waals surface area contributed by atoms with Crippen LogP contribution >= 0.6 is 0 Å². The van der Waals surface area contributed by atoms with Crippen molar-refractivity contribution in [3.05, 3.63) is 60.2 Å². The van der Waals surface area contributed by atoms with E-state index in [1.54, 1.807) is 7.11 Å². The van der Waals surface area contributed by atoms with Crippen molar-refractivity contribution < 1.29 is 49.1 Å². The minimum absolute atomic E-state index is 0.112. The van der Waals surface area contributed by atoms with Crippen molar-refractivity contribution in [2.45, 2.75) is 32.7 Å². The highest BCUT2D eigenvalue weighted by Gasteiger charge is 2.25. The Morgan fingerprint density at radius 3 is 1.81 bits per heavy atom. The zero-order valence-electron chi connectivity index (χ0n) is 24.0. The third kappa shape index (κ3) is 13.2. The van der Waals surface area contributed by atoms with Crippen LogP contribution in [-0.2, 0) is 30.4 Å². The quantitative estimate of drug-likeness (QED) is 0.312. The molecule has 4 N–H and O–H groups in total. The van der Waals surface area contributed by atoms with E-state index in [0.29, 0.717) is 6.42 Å². The SMILES string of the molecule is CCC(=O)N(c1cccc(OC)c1)C(C)CN1CCN(CCc2ccccc2)CC1.O=C(O)C(=O)O.O=C(O)C(=O)O. The number of amides is 1. The average molecular weight is 590 g/mol. The van der Waals surface area contributed by atoms with E-state index >= 15 is 0 Å². The number of nitrogens with zero attached hydrogens (tertiary/aromatic N) is 3. The molecule has 0 radical (unpaired) electrons. The van der Waals surface area contributed by atoms with E-state index < -0.39 is 23.9 Å². The zero-order valence-corrected chi connectivity index (χ0v) is 24.0. The summed E-state index contributed by atoms with van der Waals surface area (Å²) in [6.07, 6.45) is 1.60. The van der Waals surface area contributed by atoms with Gasteiger partial charge in [0.05, 0.1) is 7.11 Å². The fourth-order valence-corrected chi connectivity index (χ4v) is 4.16. The molecule has 1 fully saturated rings. The van der Waals surface area contributed by atoms with Crippen molar-refractivity contribution in [3.8, 4) is 5.75 Å². The van der Waals surface area contributed by atoms with Crippen LogP contribution in [-0.4, -0.2) is 112 Å². The van der Waals surface area contributed by atoms with Crippen molar-refractivity contribution in [2.24, 2.45) is 0 Å². The summed E-state index contributed by atoms with van der Waals surface area (Å²) in [5.41, 5.74) is 2.32. The molecule has 0 bridgehead atoms. The van der Waals surface area contributed by atoms with Gasteiger partial charge in [0.1, 0.15) is 5.75 Å². The van der Waals surface area contributed by atoms with Crippen LogP contribution < -0.4 is 9.64 Å². The molecule has 1 aliphatic heterocycles. The molecular weight excluding hydrogens is 550 g/mol. The van der Waals surface area contributed by atoms with Gasteiger partial charge in [-0.2, -0.15) is 0 Å². The van der Waals surface area contributed by atoms with Crippen LogP contribution in [0, 0.1) is 0 Å². The maximum Gasteiger partial charge on any atom is 0.414 e. The summed E-state index contributed by atoms with van der Waals surface area (Å²) < 4.78 is 5.36. The van der Waals surface area contributed by atoms with Gasteiger partial charge in [-0.3, -0.25) is 9.69 Å². The number of methoxy groups -OCH3 is 1. The number of hydrogen-bond donors (Lipinski definition) is 4. The smallest absolute Gasteiger partial charge is 0.414 e. The van der Waals surface area contributed by atoms with Crippen LogP contribution in [0.3, 0.4) is 0 Å². The van der Waals surface area contributed by atoms with E-state index in [1.165, 1.54) is 5.56 Å². The lowest BCUT2D eigenvalue weighted by Gasteiger charge is -2.38. The van der Waals surface area contributed by atoms with Crippen LogP contribution in [0.5, 0.6) is 5.75 Å². The Hall–Kier alpha value is -4.49. The van der Waals surface area contributed by atoms with Gasteiger partial charge in [0.15, 0.2) is 0 Å². The molecule has 1 aliphatic rings. The Bertz CT molecular complexity index is 1120. The van der Waals surface area contributed by atoms with Crippen molar-refractivity contribution in [2.75, 3.05) is 51.3 Å². The predicted molar refractivity (Wildman–Crippen MR) is 154 cm³/mol. The van der Waals surface area contributed by atoms with Crippen molar-refractivity contribution in [1.82, 2.24) is 9.80 Å². The summed E-state index contributed by atoms with van der Waals surface area (Å²) in [5.74, 6) is -6.37. The zero-order chi connectivity index (χ0) is 31.7. The molecule has 1 atom stereocenters. The highest BCUT2D eigenvalue weighted by atomic mass is 16.5. The number of ether oxygens (including phenoxy) is 1. The number of carbonyl (C=O) groups is 5. The molecule has 3 rings (SSSR count). The van der Waals surface area contributed by atoms with Crippen LogP contribution in [0.15, 0.2) is 54.6 Å². The lowest BCUT2D eigenvalue weighted by Crippen LogP contribution is -2.52. The van der Waals surface area contributed by atoms with E-state index in [4.69, 9.17) is 44.3 Å². The monoisotopic (exact) mass is 589 g/mol. The van der Waals surface area contributed by atoms with Crippen LogP contribution in [0.25, 0.3) is 0 Å². The molecule has 1 heterocycles. The molecule has 2 aromatic rings. The van der Waals surface area contributed by atoms with Gasteiger partial charge in [0, 0.05) is 63.5 Å². The summed E-state index contributed by atoms with van der Waals surface area (Å²) >= 11 is 0. The normalized spacial score (nSPS) is 13.7. The fraction of sp³-hybridized carbons (Fsp3) is 0.414. The first-order chi connectivity index (χ1) is 19.9. The van der Waals surface area contributed by atoms with Crippen LogP contribution in [0.2, 0.25) is 0 Å². The lowest BCUT2D eigenvalue weighted by molar-refractivity contribution is -0.159. The number of aliphatic carboxylic acids is 4. The topological polar surface area (TPSA) is 185 Å². The summed E-state index contributed by atoms with van der Waals surface area (Å²) in [5, 5.41) is 29.6. The largest absolute Gasteiger partial charge is 0.497 e. The molecule has 0 saturated carbocycles. The van der Waals surface area contributed by atoms with Gasteiger partial charge in [-0.1, -0.05) is 43.3 Å². The minimum Gasteiger partial charge on any atom is -0.497 e. The minimum atomic E-state index is -1.82. The van der Waals surface area contributed by atoms with Gasteiger partial charge < -0.3 is 35.0 Å². The van der Waals surface area contributed by atoms with Crippen LogP contribution in [0.4, 0.5) is 5.69 Å². The maximum absolute atomic E-state index is 12.7. The van der Waals surface area contributed by atoms with E-state index in [2.05, 4.69) is 47.1 Å². The highest BCUT2D eigenvalue weighted by Crippen LogP contribution is 2.24. The second-order valence-corrected chi connectivity index (χ2v) is 9.27. The number of rotatable bonds is 9. The molecule has 13 heteroatoms. The Labute approximate surface area is 244 Å². The summed E-state index contributed by atoms with van der Waals surface area (Å²) in [6.45, 7) is 10.3. The number of carboxylic acid groups (broad SMARTS) is 4. The second-order valence-electron chi connectivity index (χ2n) is 9.27. The molecule has 0 aromatic heterocycles. The highest BCUT2D eigenvalue weighted by molar-refractivity contribution is 6.27. The van der Waals surface area contributed by atoms with Crippen LogP contribution in [0.1, 0.15) is 25.8 Å². The Morgan fingerprint density at radius 2 is 1.33 bits per heavy atom. The van der Waals surface area contributed by atoms with E-state index in [0.717, 1.165) is 57.1 Å². The second kappa shape index (κ2) is 18.8. The molecule has 1 saturated heterocycles.